The molecule has 2 atom stereocenters. The quantitative estimate of drug-likeness (QED) is 0.822. The normalized spacial score (nSPS) is 14.9. The van der Waals surface area contributed by atoms with Crippen LogP contribution in [-0.4, -0.2) is 54.1 Å². The molecule has 0 aliphatic carbocycles. The van der Waals surface area contributed by atoms with Crippen LogP contribution in [0.25, 0.3) is 0 Å². The van der Waals surface area contributed by atoms with Gasteiger partial charge < -0.3 is 14.4 Å². The second-order valence-corrected chi connectivity index (χ2v) is 5.12. The summed E-state index contributed by atoms with van der Waals surface area (Å²) in [5.41, 5.74) is 0. The minimum absolute atomic E-state index is 0.00170. The molecule has 1 N–H and O–H groups in total. The number of hydrogen-bond acceptors (Lipinski definition) is 4. The highest BCUT2D eigenvalue weighted by molar-refractivity contribution is 5.84. The maximum absolute atomic E-state index is 10.8. The topological polar surface area (TPSA) is 56.9 Å². The molecule has 2 unspecified atom stereocenters. The Kier molecular flexibility index (Phi) is 5.57. The van der Waals surface area contributed by atoms with Crippen molar-refractivity contribution in [2.24, 2.45) is 0 Å². The first-order chi connectivity index (χ1) is 8.86. The molecule has 0 radical (unpaired) electrons. The average Bonchev–Trinajstić information content (AvgIpc) is 2.77. The van der Waals surface area contributed by atoms with Crippen molar-refractivity contribution < 1.29 is 14.3 Å². The van der Waals surface area contributed by atoms with Crippen molar-refractivity contribution in [3.8, 4) is 0 Å². The third-order valence-corrected chi connectivity index (χ3v) is 3.31. The van der Waals surface area contributed by atoms with E-state index in [1.165, 1.54) is 6.07 Å². The molecule has 1 aromatic rings. The predicted octanol–water partition coefficient (Wildman–Crippen LogP) is 2.31. The largest absolute Gasteiger partial charge is 0.475 e. The lowest BCUT2D eigenvalue weighted by Crippen LogP contribution is -2.41. The molecular weight excluding hydrogens is 244 g/mol. The Labute approximate surface area is 114 Å². The Bertz CT molecular complexity index is 415. The molecule has 5 nitrogen and oxygen atoms in total. The van der Waals surface area contributed by atoms with Crippen molar-refractivity contribution >= 4 is 5.97 Å². The Balaban J connectivity index is 2.82. The molecule has 0 aliphatic rings. The van der Waals surface area contributed by atoms with Crippen LogP contribution in [0, 0.1) is 0 Å². The fourth-order valence-electron chi connectivity index (χ4n) is 2.46. The number of carboxylic acids is 1. The van der Waals surface area contributed by atoms with E-state index in [2.05, 4.69) is 23.6 Å². The van der Waals surface area contributed by atoms with Gasteiger partial charge in [-0.15, -0.1) is 0 Å². The van der Waals surface area contributed by atoms with Crippen LogP contribution in [-0.2, 0) is 0 Å². The van der Waals surface area contributed by atoms with E-state index in [4.69, 9.17) is 9.52 Å². The molecule has 0 aliphatic heterocycles. The van der Waals surface area contributed by atoms with E-state index in [1.807, 2.05) is 21.0 Å². The zero-order valence-corrected chi connectivity index (χ0v) is 12.4. The van der Waals surface area contributed by atoms with Crippen LogP contribution in [0.5, 0.6) is 0 Å². The summed E-state index contributed by atoms with van der Waals surface area (Å²) >= 11 is 0. The molecule has 108 valence electrons. The van der Waals surface area contributed by atoms with Crippen molar-refractivity contribution in [2.75, 3.05) is 27.2 Å². The molecule has 0 saturated heterocycles. The molecular formula is C14H24N2O3. The fourth-order valence-corrected chi connectivity index (χ4v) is 2.46. The van der Waals surface area contributed by atoms with Gasteiger partial charge in [-0.05, 0) is 46.6 Å². The van der Waals surface area contributed by atoms with E-state index in [1.54, 1.807) is 6.07 Å². The summed E-state index contributed by atoms with van der Waals surface area (Å²) in [5.74, 6) is -0.328. The van der Waals surface area contributed by atoms with Crippen molar-refractivity contribution in [3.63, 3.8) is 0 Å². The van der Waals surface area contributed by atoms with E-state index < -0.39 is 5.97 Å². The Hall–Kier alpha value is -1.33. The third-order valence-electron chi connectivity index (χ3n) is 3.31. The summed E-state index contributed by atoms with van der Waals surface area (Å²) in [7, 11) is 4.09. The summed E-state index contributed by atoms with van der Waals surface area (Å²) < 4.78 is 5.39. The predicted molar refractivity (Wildman–Crippen MR) is 74.5 cm³/mol. The number of carbonyl (C=O) groups is 1. The van der Waals surface area contributed by atoms with Crippen LogP contribution in [0.3, 0.4) is 0 Å². The van der Waals surface area contributed by atoms with E-state index >= 15 is 0 Å². The van der Waals surface area contributed by atoms with Gasteiger partial charge >= 0.3 is 5.97 Å². The average molecular weight is 268 g/mol. The minimum Gasteiger partial charge on any atom is -0.475 e. The molecule has 5 heteroatoms. The van der Waals surface area contributed by atoms with Crippen LogP contribution in [0.2, 0.25) is 0 Å². The van der Waals surface area contributed by atoms with Gasteiger partial charge in [0.1, 0.15) is 5.76 Å². The van der Waals surface area contributed by atoms with Crippen LogP contribution in [0.1, 0.15) is 43.1 Å². The monoisotopic (exact) mass is 268 g/mol. The highest BCUT2D eigenvalue weighted by Crippen LogP contribution is 2.24. The maximum atomic E-state index is 10.8. The zero-order chi connectivity index (χ0) is 14.6. The van der Waals surface area contributed by atoms with Crippen molar-refractivity contribution in [2.45, 2.75) is 32.9 Å². The first-order valence-corrected chi connectivity index (χ1v) is 6.60. The SMILES string of the molecule is CCN(C(C)CN(C)C)C(C)c1ccc(C(=O)O)o1. The fraction of sp³-hybridized carbons (Fsp3) is 0.643. The lowest BCUT2D eigenvalue weighted by atomic mass is 10.1. The Morgan fingerprint density at radius 1 is 1.37 bits per heavy atom. The Morgan fingerprint density at radius 3 is 2.42 bits per heavy atom. The molecule has 0 saturated carbocycles. The number of hydrogen-bond donors (Lipinski definition) is 1. The van der Waals surface area contributed by atoms with E-state index in [0.717, 1.165) is 13.1 Å². The highest BCUT2D eigenvalue weighted by atomic mass is 16.4. The number of likely N-dealkylation sites (N-methyl/N-ethyl adjacent to an activating group) is 2. The van der Waals surface area contributed by atoms with Crippen molar-refractivity contribution in [3.05, 3.63) is 23.7 Å². The van der Waals surface area contributed by atoms with Crippen LogP contribution < -0.4 is 0 Å². The summed E-state index contributed by atoms with van der Waals surface area (Å²) in [4.78, 5) is 15.3. The van der Waals surface area contributed by atoms with Gasteiger partial charge in [-0.25, -0.2) is 4.79 Å². The molecule has 1 rings (SSSR count). The van der Waals surface area contributed by atoms with Gasteiger partial charge in [-0.3, -0.25) is 4.90 Å². The first kappa shape index (κ1) is 15.7. The summed E-state index contributed by atoms with van der Waals surface area (Å²) in [5, 5.41) is 8.89. The summed E-state index contributed by atoms with van der Waals surface area (Å²) in [6.07, 6.45) is 0. The molecule has 19 heavy (non-hydrogen) atoms. The molecule has 1 heterocycles. The zero-order valence-electron chi connectivity index (χ0n) is 12.4. The van der Waals surface area contributed by atoms with Gasteiger partial charge in [0.05, 0.1) is 6.04 Å². The highest BCUT2D eigenvalue weighted by Gasteiger charge is 2.23. The van der Waals surface area contributed by atoms with E-state index in [-0.39, 0.29) is 11.8 Å². The molecule has 1 aromatic heterocycles. The van der Waals surface area contributed by atoms with Gasteiger partial charge in [0, 0.05) is 12.6 Å². The molecule has 0 spiro atoms. The number of nitrogens with zero attached hydrogens (tertiary/aromatic N) is 2. The number of rotatable bonds is 7. The second kappa shape index (κ2) is 6.73. The Morgan fingerprint density at radius 2 is 2.00 bits per heavy atom. The van der Waals surface area contributed by atoms with Crippen LogP contribution in [0.4, 0.5) is 0 Å². The second-order valence-electron chi connectivity index (χ2n) is 5.12. The van der Waals surface area contributed by atoms with E-state index in [0.29, 0.717) is 11.8 Å². The molecule has 0 aromatic carbocycles. The third kappa shape index (κ3) is 4.08. The van der Waals surface area contributed by atoms with Gasteiger partial charge in [0.25, 0.3) is 0 Å². The van der Waals surface area contributed by atoms with Crippen molar-refractivity contribution in [1.82, 2.24) is 9.80 Å². The van der Waals surface area contributed by atoms with Crippen LogP contribution in [0.15, 0.2) is 16.5 Å². The summed E-state index contributed by atoms with van der Waals surface area (Å²) in [6.45, 7) is 8.15. The van der Waals surface area contributed by atoms with Crippen LogP contribution >= 0.6 is 0 Å². The van der Waals surface area contributed by atoms with E-state index in [9.17, 15) is 4.79 Å². The van der Waals surface area contributed by atoms with Gasteiger partial charge in [0.2, 0.25) is 5.76 Å². The standard InChI is InChI=1S/C14H24N2O3/c1-6-16(10(2)9-15(4)5)11(3)12-7-8-13(19-12)14(17)18/h7-8,10-11H,6,9H2,1-5H3,(H,17,18). The first-order valence-electron chi connectivity index (χ1n) is 6.60. The number of furan rings is 1. The number of aromatic carboxylic acids is 1. The van der Waals surface area contributed by atoms with Gasteiger partial charge in [-0.1, -0.05) is 6.92 Å². The molecule has 0 amide bonds. The van der Waals surface area contributed by atoms with Gasteiger partial charge in [0.15, 0.2) is 0 Å². The summed E-state index contributed by atoms with van der Waals surface area (Å²) in [6, 6.07) is 3.69. The molecule has 0 bridgehead atoms. The maximum Gasteiger partial charge on any atom is 0.371 e. The van der Waals surface area contributed by atoms with Crippen molar-refractivity contribution in [1.29, 1.82) is 0 Å². The lowest BCUT2D eigenvalue weighted by molar-refractivity contribution is 0.0652. The minimum atomic E-state index is -1.03. The smallest absolute Gasteiger partial charge is 0.371 e. The lowest BCUT2D eigenvalue weighted by Gasteiger charge is -2.34. The number of carboxylic acid groups (broad SMARTS) is 1. The molecule has 0 fully saturated rings. The van der Waals surface area contributed by atoms with Gasteiger partial charge in [-0.2, -0.15) is 0 Å².